The second kappa shape index (κ2) is 10.5. The molecular weight excluding hydrogens is 476 g/mol. The van der Waals surface area contributed by atoms with Crippen LogP contribution in [0.25, 0.3) is 0 Å². The highest BCUT2D eigenvalue weighted by Gasteiger charge is 2.50. The van der Waals surface area contributed by atoms with Crippen LogP contribution in [0.5, 0.6) is 5.75 Å². The number of hydrogen-bond acceptors (Lipinski definition) is 5. The highest BCUT2D eigenvalue weighted by Crippen LogP contribution is 2.59. The predicted octanol–water partition coefficient (Wildman–Crippen LogP) is 4.63. The molecule has 6 nitrogen and oxygen atoms in total. The van der Waals surface area contributed by atoms with Crippen molar-refractivity contribution >= 4 is 23.5 Å². The van der Waals surface area contributed by atoms with Gasteiger partial charge >= 0.3 is 5.97 Å². The number of aliphatic hydroxyl groups is 1. The normalized spacial score (nSPS) is 27.0. The van der Waals surface area contributed by atoms with Gasteiger partial charge in [0, 0.05) is 13.1 Å². The fourth-order valence-corrected chi connectivity index (χ4v) is 7.43. The SMILES string of the molecule is CNC[C@H](O)Cc1cc(OC(=O)c2ccccc2)c(Cl)c(C(=O)NCC23CC4CC(CC(C4)C2)C3)c1. The number of amides is 1. The number of benzene rings is 2. The van der Waals surface area contributed by atoms with Crippen LogP contribution in [0, 0.1) is 23.2 Å². The van der Waals surface area contributed by atoms with E-state index >= 15 is 0 Å². The molecule has 4 aliphatic carbocycles. The third-order valence-electron chi connectivity index (χ3n) is 8.26. The van der Waals surface area contributed by atoms with Gasteiger partial charge in [-0.3, -0.25) is 4.79 Å². The molecule has 0 aliphatic heterocycles. The van der Waals surface area contributed by atoms with Crippen LogP contribution in [-0.4, -0.2) is 43.2 Å². The Bertz CT molecular complexity index is 1080. The summed E-state index contributed by atoms with van der Waals surface area (Å²) in [7, 11) is 1.77. The largest absolute Gasteiger partial charge is 0.421 e. The summed E-state index contributed by atoms with van der Waals surface area (Å²) in [4.78, 5) is 26.1. The van der Waals surface area contributed by atoms with Gasteiger partial charge < -0.3 is 20.5 Å². The van der Waals surface area contributed by atoms with Crippen molar-refractivity contribution in [3.8, 4) is 5.75 Å². The van der Waals surface area contributed by atoms with Gasteiger partial charge in [0.2, 0.25) is 0 Å². The third kappa shape index (κ3) is 5.46. The van der Waals surface area contributed by atoms with Gasteiger partial charge in [-0.1, -0.05) is 29.8 Å². The highest BCUT2D eigenvalue weighted by atomic mass is 35.5. The molecule has 4 bridgehead atoms. The molecular formula is C29H35ClN2O4. The fourth-order valence-electron chi connectivity index (χ4n) is 7.19. The third-order valence-corrected chi connectivity index (χ3v) is 8.65. The number of carbonyl (C=O) groups excluding carboxylic acids is 2. The molecule has 36 heavy (non-hydrogen) atoms. The van der Waals surface area contributed by atoms with E-state index in [-0.39, 0.29) is 27.7 Å². The first kappa shape index (κ1) is 25.2. The molecule has 4 aliphatic rings. The van der Waals surface area contributed by atoms with Gasteiger partial charge in [0.25, 0.3) is 5.91 Å². The summed E-state index contributed by atoms with van der Waals surface area (Å²) in [5.74, 6) is 1.72. The minimum atomic E-state index is -0.656. The van der Waals surface area contributed by atoms with E-state index < -0.39 is 12.1 Å². The lowest BCUT2D eigenvalue weighted by molar-refractivity contribution is -0.0503. The summed E-state index contributed by atoms with van der Waals surface area (Å²) in [5.41, 5.74) is 1.53. The number of rotatable bonds is 9. The van der Waals surface area contributed by atoms with Crippen LogP contribution in [-0.2, 0) is 6.42 Å². The molecule has 192 valence electrons. The number of carbonyl (C=O) groups is 2. The van der Waals surface area contributed by atoms with Gasteiger partial charge in [0.1, 0.15) is 0 Å². The van der Waals surface area contributed by atoms with Crippen molar-refractivity contribution in [1.29, 1.82) is 0 Å². The van der Waals surface area contributed by atoms with Gasteiger partial charge in [-0.25, -0.2) is 4.79 Å². The van der Waals surface area contributed by atoms with Crippen LogP contribution in [0.4, 0.5) is 0 Å². The van der Waals surface area contributed by atoms with Crippen LogP contribution in [0.15, 0.2) is 42.5 Å². The lowest BCUT2D eigenvalue weighted by atomic mass is 9.49. The molecule has 1 atom stereocenters. The number of likely N-dealkylation sites (N-methyl/N-ethyl adjacent to an activating group) is 1. The first-order valence-electron chi connectivity index (χ1n) is 13.0. The molecule has 6 rings (SSSR count). The first-order chi connectivity index (χ1) is 17.3. The summed E-state index contributed by atoms with van der Waals surface area (Å²) in [6, 6.07) is 12.0. The van der Waals surface area contributed by atoms with E-state index in [9.17, 15) is 14.7 Å². The number of ether oxygens (including phenoxy) is 1. The number of hydrogen-bond donors (Lipinski definition) is 3. The molecule has 0 unspecified atom stereocenters. The van der Waals surface area contributed by atoms with Gasteiger partial charge in [-0.05, 0) is 105 Å². The van der Waals surface area contributed by atoms with E-state index in [0.29, 0.717) is 30.6 Å². The number of halogens is 1. The Labute approximate surface area is 217 Å². The van der Waals surface area contributed by atoms with E-state index in [0.717, 1.165) is 17.8 Å². The maximum absolute atomic E-state index is 13.4. The molecule has 0 spiro atoms. The summed E-state index contributed by atoms with van der Waals surface area (Å²) in [6.07, 6.45) is 7.29. The Morgan fingerprint density at radius 2 is 1.72 bits per heavy atom. The fraction of sp³-hybridized carbons (Fsp3) is 0.517. The van der Waals surface area contributed by atoms with Gasteiger partial charge in [-0.15, -0.1) is 0 Å². The van der Waals surface area contributed by atoms with Crippen LogP contribution in [0.1, 0.15) is 64.8 Å². The zero-order valence-electron chi connectivity index (χ0n) is 20.8. The average Bonchev–Trinajstić information content (AvgIpc) is 2.84. The molecule has 0 aromatic heterocycles. The van der Waals surface area contributed by atoms with Crippen molar-refractivity contribution in [2.45, 2.75) is 51.0 Å². The molecule has 2 aromatic carbocycles. The Morgan fingerprint density at radius 3 is 2.33 bits per heavy atom. The Hall–Kier alpha value is -2.41. The maximum Gasteiger partial charge on any atom is 0.343 e. The zero-order chi connectivity index (χ0) is 25.3. The molecule has 0 radical (unpaired) electrons. The zero-order valence-corrected chi connectivity index (χ0v) is 21.5. The highest BCUT2D eigenvalue weighted by molar-refractivity contribution is 6.35. The van der Waals surface area contributed by atoms with E-state index in [1.54, 1.807) is 43.4 Å². The average molecular weight is 511 g/mol. The van der Waals surface area contributed by atoms with Crippen LogP contribution >= 0.6 is 11.6 Å². The van der Waals surface area contributed by atoms with Crippen molar-refractivity contribution in [2.24, 2.45) is 23.2 Å². The minimum Gasteiger partial charge on any atom is -0.421 e. The Kier molecular flexibility index (Phi) is 7.38. The number of esters is 1. The Balaban J connectivity index is 1.36. The Morgan fingerprint density at radius 1 is 1.08 bits per heavy atom. The number of nitrogens with one attached hydrogen (secondary N) is 2. The standard InChI is InChI=1S/C29H35ClN2O4/c1-31-16-23(33)10-18-11-24(26(30)25(12-18)36-28(35)22-5-3-2-4-6-22)27(34)32-17-29-13-19-7-20(14-29)9-21(8-19)15-29/h2-6,11-12,19-21,23,31,33H,7-10,13-17H2,1H3,(H,32,34)/t19?,20?,21?,23-,29?/m1/s1. The van der Waals surface area contributed by atoms with Gasteiger partial charge in [0.15, 0.2) is 5.75 Å². The maximum atomic E-state index is 13.4. The van der Waals surface area contributed by atoms with Crippen molar-refractivity contribution in [2.75, 3.05) is 20.1 Å². The smallest absolute Gasteiger partial charge is 0.343 e. The van der Waals surface area contributed by atoms with Crippen molar-refractivity contribution in [3.63, 3.8) is 0 Å². The van der Waals surface area contributed by atoms with E-state index in [1.165, 1.54) is 38.5 Å². The molecule has 0 saturated heterocycles. The predicted molar refractivity (Wildman–Crippen MR) is 139 cm³/mol. The van der Waals surface area contributed by atoms with Crippen LogP contribution < -0.4 is 15.4 Å². The van der Waals surface area contributed by atoms with E-state index in [1.807, 2.05) is 6.07 Å². The minimum absolute atomic E-state index is 0.106. The van der Waals surface area contributed by atoms with Gasteiger partial charge in [-0.2, -0.15) is 0 Å². The summed E-state index contributed by atoms with van der Waals surface area (Å²) in [5, 5.41) is 16.6. The molecule has 4 fully saturated rings. The van der Waals surface area contributed by atoms with Crippen molar-refractivity contribution in [3.05, 3.63) is 64.2 Å². The van der Waals surface area contributed by atoms with E-state index in [4.69, 9.17) is 16.3 Å². The number of aliphatic hydroxyl groups excluding tert-OH is 1. The second-order valence-corrected chi connectivity index (χ2v) is 11.6. The summed E-state index contributed by atoms with van der Waals surface area (Å²) < 4.78 is 5.63. The monoisotopic (exact) mass is 510 g/mol. The van der Waals surface area contributed by atoms with Crippen LogP contribution in [0.2, 0.25) is 5.02 Å². The molecule has 2 aromatic rings. The van der Waals surface area contributed by atoms with Crippen LogP contribution in [0.3, 0.4) is 0 Å². The second-order valence-electron chi connectivity index (χ2n) is 11.2. The van der Waals surface area contributed by atoms with Crippen molar-refractivity contribution in [1.82, 2.24) is 10.6 Å². The van der Waals surface area contributed by atoms with E-state index in [2.05, 4.69) is 10.6 Å². The van der Waals surface area contributed by atoms with Crippen molar-refractivity contribution < 1.29 is 19.4 Å². The molecule has 4 saturated carbocycles. The van der Waals surface area contributed by atoms with Gasteiger partial charge in [0.05, 0.1) is 22.3 Å². The molecule has 0 heterocycles. The molecule has 1 amide bonds. The lowest BCUT2D eigenvalue weighted by Gasteiger charge is -2.56. The summed E-state index contributed by atoms with van der Waals surface area (Å²) >= 11 is 6.65. The molecule has 7 heteroatoms. The first-order valence-corrected chi connectivity index (χ1v) is 13.4. The molecule has 3 N–H and O–H groups in total. The lowest BCUT2D eigenvalue weighted by Crippen LogP contribution is -2.51. The quantitative estimate of drug-likeness (QED) is 0.338. The topological polar surface area (TPSA) is 87.7 Å². The summed E-state index contributed by atoms with van der Waals surface area (Å²) in [6.45, 7) is 1.05.